The van der Waals surface area contributed by atoms with Crippen molar-refractivity contribution in [2.75, 3.05) is 13.1 Å². The van der Waals surface area contributed by atoms with Crippen molar-refractivity contribution < 1.29 is 14.7 Å². The molecule has 0 spiro atoms. The van der Waals surface area contributed by atoms with Crippen LogP contribution in [-0.2, 0) is 9.59 Å². The molecule has 0 unspecified atom stereocenters. The third kappa shape index (κ3) is 5.19. The lowest BCUT2D eigenvalue weighted by Gasteiger charge is -2.33. The number of carbonyl (C=O) groups is 2. The molecule has 19 heavy (non-hydrogen) atoms. The van der Waals surface area contributed by atoms with Gasteiger partial charge in [0.05, 0.1) is 5.41 Å². The molecule has 0 radical (unpaired) electrons. The average Bonchev–Trinajstić information content (AvgIpc) is 2.42. The van der Waals surface area contributed by atoms with Gasteiger partial charge in [0.15, 0.2) is 0 Å². The van der Waals surface area contributed by atoms with Gasteiger partial charge in [0.2, 0.25) is 5.91 Å². The highest BCUT2D eigenvalue weighted by Crippen LogP contribution is 2.35. The van der Waals surface area contributed by atoms with Gasteiger partial charge in [-0.1, -0.05) is 25.7 Å². The molecule has 0 heterocycles. The van der Waals surface area contributed by atoms with Crippen LogP contribution in [0.1, 0.15) is 57.8 Å². The molecule has 4 N–H and O–H groups in total. The van der Waals surface area contributed by atoms with Crippen molar-refractivity contribution in [3.63, 3.8) is 0 Å². The Morgan fingerprint density at radius 1 is 1.11 bits per heavy atom. The van der Waals surface area contributed by atoms with Crippen molar-refractivity contribution in [2.24, 2.45) is 11.1 Å². The van der Waals surface area contributed by atoms with Crippen molar-refractivity contribution in [3.05, 3.63) is 0 Å². The largest absolute Gasteiger partial charge is 0.481 e. The van der Waals surface area contributed by atoms with E-state index in [4.69, 9.17) is 5.73 Å². The molecule has 1 rings (SSSR count). The molecule has 1 aliphatic rings. The Morgan fingerprint density at radius 2 is 1.79 bits per heavy atom. The van der Waals surface area contributed by atoms with Crippen molar-refractivity contribution >= 4 is 11.9 Å². The van der Waals surface area contributed by atoms with Crippen LogP contribution in [0.25, 0.3) is 0 Å². The van der Waals surface area contributed by atoms with Gasteiger partial charge in [0.1, 0.15) is 0 Å². The van der Waals surface area contributed by atoms with Gasteiger partial charge >= 0.3 is 5.97 Å². The summed E-state index contributed by atoms with van der Waals surface area (Å²) < 4.78 is 0. The minimum absolute atomic E-state index is 0.0387. The highest BCUT2D eigenvalue weighted by atomic mass is 16.4. The molecular formula is C14H26N2O3. The van der Waals surface area contributed by atoms with Crippen LogP contribution in [0.2, 0.25) is 0 Å². The number of amides is 1. The lowest BCUT2D eigenvalue weighted by Crippen LogP contribution is -2.44. The highest BCUT2D eigenvalue weighted by Gasteiger charge is 2.39. The van der Waals surface area contributed by atoms with Gasteiger partial charge in [-0.15, -0.1) is 0 Å². The summed E-state index contributed by atoms with van der Waals surface area (Å²) in [6.07, 6.45) is 7.52. The first-order valence-electron chi connectivity index (χ1n) is 7.31. The van der Waals surface area contributed by atoms with Crippen LogP contribution < -0.4 is 11.1 Å². The maximum atomic E-state index is 11.7. The topological polar surface area (TPSA) is 92.4 Å². The number of hydrogen-bond donors (Lipinski definition) is 3. The molecule has 0 aliphatic heterocycles. The summed E-state index contributed by atoms with van der Waals surface area (Å²) in [6.45, 7) is 0.932. The first-order chi connectivity index (χ1) is 9.10. The Hall–Kier alpha value is -1.10. The summed E-state index contributed by atoms with van der Waals surface area (Å²) in [6, 6.07) is 0. The third-order valence-electron chi connectivity index (χ3n) is 4.00. The van der Waals surface area contributed by atoms with Crippen LogP contribution in [0.15, 0.2) is 0 Å². The number of carbonyl (C=O) groups excluding carboxylic acids is 1. The molecule has 110 valence electrons. The lowest BCUT2D eigenvalue weighted by molar-refractivity contribution is -0.151. The number of carboxylic acids is 1. The Morgan fingerprint density at radius 3 is 2.37 bits per heavy atom. The predicted molar refractivity (Wildman–Crippen MR) is 73.7 cm³/mol. The number of nitrogens with two attached hydrogens (primary N) is 1. The molecule has 0 bridgehead atoms. The summed E-state index contributed by atoms with van der Waals surface area (Å²) in [4.78, 5) is 23.1. The summed E-state index contributed by atoms with van der Waals surface area (Å²) in [5.74, 6) is -0.807. The Labute approximate surface area is 114 Å². The van der Waals surface area contributed by atoms with Crippen molar-refractivity contribution in [2.45, 2.75) is 57.8 Å². The zero-order valence-corrected chi connectivity index (χ0v) is 11.6. The van der Waals surface area contributed by atoms with Crippen molar-refractivity contribution in [1.82, 2.24) is 5.32 Å². The van der Waals surface area contributed by atoms with E-state index < -0.39 is 11.4 Å². The molecule has 0 aromatic rings. The molecule has 5 nitrogen and oxygen atoms in total. The summed E-state index contributed by atoms with van der Waals surface area (Å²) in [5.41, 5.74) is 4.66. The highest BCUT2D eigenvalue weighted by molar-refractivity contribution is 5.79. The molecule has 1 amide bonds. The van der Waals surface area contributed by atoms with E-state index in [1.165, 1.54) is 0 Å². The second-order valence-electron chi connectivity index (χ2n) is 5.52. The quantitative estimate of drug-likeness (QED) is 0.585. The summed E-state index contributed by atoms with van der Waals surface area (Å²) in [5, 5.41) is 12.2. The molecule has 1 saturated carbocycles. The van der Waals surface area contributed by atoms with Gasteiger partial charge in [-0.05, 0) is 32.2 Å². The van der Waals surface area contributed by atoms with E-state index in [0.717, 1.165) is 38.5 Å². The van der Waals surface area contributed by atoms with Gasteiger partial charge in [-0.25, -0.2) is 0 Å². The van der Waals surface area contributed by atoms with E-state index in [2.05, 4.69) is 5.32 Å². The molecule has 1 fully saturated rings. The number of unbranched alkanes of at least 4 members (excludes halogenated alkanes) is 2. The van der Waals surface area contributed by atoms with E-state index in [1.54, 1.807) is 0 Å². The van der Waals surface area contributed by atoms with Crippen LogP contribution in [0.5, 0.6) is 0 Å². The van der Waals surface area contributed by atoms with E-state index in [1.807, 2.05) is 0 Å². The monoisotopic (exact) mass is 270 g/mol. The van der Waals surface area contributed by atoms with Crippen molar-refractivity contribution in [3.8, 4) is 0 Å². The number of aliphatic carboxylic acids is 1. The maximum absolute atomic E-state index is 11.7. The van der Waals surface area contributed by atoms with Crippen LogP contribution in [0, 0.1) is 5.41 Å². The zero-order chi connectivity index (χ0) is 14.1. The fourth-order valence-electron chi connectivity index (χ4n) is 2.66. The lowest BCUT2D eigenvalue weighted by atomic mass is 9.74. The second kappa shape index (κ2) is 8.15. The molecule has 0 aromatic carbocycles. The second-order valence-corrected chi connectivity index (χ2v) is 5.52. The average molecular weight is 270 g/mol. The van der Waals surface area contributed by atoms with E-state index in [0.29, 0.717) is 25.8 Å². The first kappa shape index (κ1) is 16.0. The number of hydrogen-bond acceptors (Lipinski definition) is 3. The van der Waals surface area contributed by atoms with Gasteiger partial charge < -0.3 is 16.2 Å². The van der Waals surface area contributed by atoms with Gasteiger partial charge in [0, 0.05) is 13.0 Å². The molecule has 0 atom stereocenters. The van der Waals surface area contributed by atoms with Crippen LogP contribution >= 0.6 is 0 Å². The zero-order valence-electron chi connectivity index (χ0n) is 11.6. The molecular weight excluding hydrogens is 244 g/mol. The van der Waals surface area contributed by atoms with Crippen LogP contribution in [0.3, 0.4) is 0 Å². The molecule has 0 saturated heterocycles. The van der Waals surface area contributed by atoms with E-state index in [-0.39, 0.29) is 12.5 Å². The van der Waals surface area contributed by atoms with Gasteiger partial charge in [-0.2, -0.15) is 0 Å². The Kier molecular flexibility index (Phi) is 6.84. The maximum Gasteiger partial charge on any atom is 0.311 e. The Balaban J connectivity index is 2.31. The minimum atomic E-state index is -0.768. The Bertz CT molecular complexity index is 299. The normalized spacial score (nSPS) is 17.9. The molecule has 1 aliphatic carbocycles. The summed E-state index contributed by atoms with van der Waals surface area (Å²) in [7, 11) is 0. The molecule has 5 heteroatoms. The number of rotatable bonds is 8. The van der Waals surface area contributed by atoms with Crippen LogP contribution in [-0.4, -0.2) is 30.1 Å². The summed E-state index contributed by atoms with van der Waals surface area (Å²) >= 11 is 0. The van der Waals surface area contributed by atoms with Gasteiger partial charge in [0.25, 0.3) is 0 Å². The SMILES string of the molecule is NCCCCCC(=O)NCC1(C(=O)O)CCCCC1. The van der Waals surface area contributed by atoms with Crippen molar-refractivity contribution in [1.29, 1.82) is 0 Å². The fraction of sp³-hybridized carbons (Fsp3) is 0.857. The fourth-order valence-corrected chi connectivity index (χ4v) is 2.66. The minimum Gasteiger partial charge on any atom is -0.481 e. The predicted octanol–water partition coefficient (Wildman–Crippen LogP) is 1.66. The standard InChI is InChI=1S/C14H26N2O3/c15-10-6-1-3-7-12(17)16-11-14(13(18)19)8-4-2-5-9-14/h1-11,15H2,(H,16,17)(H,18,19). The number of carboxylic acid groups (broad SMARTS) is 1. The third-order valence-corrected chi connectivity index (χ3v) is 4.00. The molecule has 0 aromatic heterocycles. The first-order valence-corrected chi connectivity index (χ1v) is 7.31. The van der Waals surface area contributed by atoms with E-state index >= 15 is 0 Å². The van der Waals surface area contributed by atoms with E-state index in [9.17, 15) is 14.7 Å². The smallest absolute Gasteiger partial charge is 0.311 e. The van der Waals surface area contributed by atoms with Gasteiger partial charge in [-0.3, -0.25) is 9.59 Å². The van der Waals surface area contributed by atoms with Crippen LogP contribution in [0.4, 0.5) is 0 Å². The number of nitrogens with one attached hydrogen (secondary N) is 1.